The molecule has 118 valence electrons. The van der Waals surface area contributed by atoms with Crippen molar-refractivity contribution in [2.45, 2.75) is 24.7 Å². The van der Waals surface area contributed by atoms with Crippen molar-refractivity contribution in [3.05, 3.63) is 29.8 Å². The molecule has 0 atom stereocenters. The molecule has 0 radical (unpaired) electrons. The minimum atomic E-state index is -3.37. The van der Waals surface area contributed by atoms with Crippen LogP contribution in [0.3, 0.4) is 0 Å². The van der Waals surface area contributed by atoms with Crippen molar-refractivity contribution in [1.29, 1.82) is 0 Å². The zero-order valence-corrected chi connectivity index (χ0v) is 13.5. The second-order valence-corrected chi connectivity index (χ2v) is 7.50. The molecule has 0 aliphatic carbocycles. The van der Waals surface area contributed by atoms with Gasteiger partial charge in [0.25, 0.3) is 0 Å². The van der Waals surface area contributed by atoms with Crippen molar-refractivity contribution >= 4 is 10.0 Å². The molecule has 2 N–H and O–H groups in total. The van der Waals surface area contributed by atoms with Crippen LogP contribution in [-0.4, -0.2) is 56.9 Å². The first-order valence-electron chi connectivity index (χ1n) is 7.53. The summed E-state index contributed by atoms with van der Waals surface area (Å²) in [5, 5.41) is 0. The van der Waals surface area contributed by atoms with Gasteiger partial charge in [-0.3, -0.25) is 0 Å². The second-order valence-electron chi connectivity index (χ2n) is 5.56. The third-order valence-corrected chi connectivity index (χ3v) is 5.75. The standard InChI is InChI=1S/C15H25N3O2S/c1-14-5-2-6-15(13-14)21(19,20)18-10-4-9-17(11-12-18)8-3-7-16/h2,5-6,13H,3-4,7-12,16H2,1H3. The van der Waals surface area contributed by atoms with Crippen LogP contribution in [0.4, 0.5) is 0 Å². The van der Waals surface area contributed by atoms with E-state index < -0.39 is 10.0 Å². The predicted octanol–water partition coefficient (Wildman–Crippen LogP) is 1.04. The predicted molar refractivity (Wildman–Crippen MR) is 84.7 cm³/mol. The molecular formula is C15H25N3O2S. The maximum Gasteiger partial charge on any atom is 0.243 e. The summed E-state index contributed by atoms with van der Waals surface area (Å²) < 4.78 is 27.0. The Morgan fingerprint density at radius 2 is 2.00 bits per heavy atom. The number of sulfonamides is 1. The van der Waals surface area contributed by atoms with Crippen molar-refractivity contribution in [3.8, 4) is 0 Å². The fourth-order valence-corrected chi connectivity index (χ4v) is 4.23. The van der Waals surface area contributed by atoms with E-state index in [1.54, 1.807) is 22.5 Å². The van der Waals surface area contributed by atoms with Gasteiger partial charge < -0.3 is 10.6 Å². The van der Waals surface area contributed by atoms with E-state index in [1.807, 2.05) is 13.0 Å². The summed E-state index contributed by atoms with van der Waals surface area (Å²) >= 11 is 0. The van der Waals surface area contributed by atoms with Gasteiger partial charge in [-0.2, -0.15) is 4.31 Å². The third kappa shape index (κ3) is 4.26. The quantitative estimate of drug-likeness (QED) is 0.882. The molecule has 2 rings (SSSR count). The topological polar surface area (TPSA) is 66.6 Å². The average molecular weight is 311 g/mol. The molecule has 0 spiro atoms. The maximum atomic E-state index is 12.7. The normalized spacial score (nSPS) is 18.6. The van der Waals surface area contributed by atoms with Crippen LogP contribution in [0.1, 0.15) is 18.4 Å². The SMILES string of the molecule is Cc1cccc(S(=O)(=O)N2CCCN(CCCN)CC2)c1. The lowest BCUT2D eigenvalue weighted by Gasteiger charge is -2.21. The second kappa shape index (κ2) is 7.35. The molecule has 1 aromatic carbocycles. The summed E-state index contributed by atoms with van der Waals surface area (Å²) in [6.45, 7) is 6.42. The molecule has 1 fully saturated rings. The lowest BCUT2D eigenvalue weighted by molar-refractivity contribution is 0.284. The van der Waals surface area contributed by atoms with Crippen LogP contribution >= 0.6 is 0 Å². The molecule has 0 saturated carbocycles. The van der Waals surface area contributed by atoms with Gasteiger partial charge in [0.15, 0.2) is 0 Å². The van der Waals surface area contributed by atoms with E-state index in [1.165, 1.54) is 0 Å². The Bertz CT molecular complexity index is 560. The zero-order chi connectivity index (χ0) is 15.3. The molecule has 0 amide bonds. The summed E-state index contributed by atoms with van der Waals surface area (Å²) in [5.74, 6) is 0. The Hall–Kier alpha value is -0.950. The average Bonchev–Trinajstić information content (AvgIpc) is 2.71. The monoisotopic (exact) mass is 311 g/mol. The summed E-state index contributed by atoms with van der Waals surface area (Å²) in [4.78, 5) is 2.71. The van der Waals surface area contributed by atoms with Crippen molar-refractivity contribution in [2.24, 2.45) is 5.73 Å². The van der Waals surface area contributed by atoms with Crippen molar-refractivity contribution < 1.29 is 8.42 Å². The number of rotatable bonds is 5. The molecule has 21 heavy (non-hydrogen) atoms. The van der Waals surface area contributed by atoms with Gasteiger partial charge in [-0.25, -0.2) is 8.42 Å². The first-order chi connectivity index (χ1) is 10.0. The fraction of sp³-hybridized carbons (Fsp3) is 0.600. The zero-order valence-electron chi connectivity index (χ0n) is 12.7. The van der Waals surface area contributed by atoms with E-state index in [0.717, 1.165) is 38.0 Å². The van der Waals surface area contributed by atoms with Crippen LogP contribution in [0.25, 0.3) is 0 Å². The lowest BCUT2D eigenvalue weighted by atomic mass is 10.2. The minimum Gasteiger partial charge on any atom is -0.330 e. The first kappa shape index (κ1) is 16.4. The van der Waals surface area contributed by atoms with E-state index in [0.29, 0.717) is 24.5 Å². The highest BCUT2D eigenvalue weighted by molar-refractivity contribution is 7.89. The molecule has 1 saturated heterocycles. The number of aryl methyl sites for hydroxylation is 1. The Balaban J connectivity index is 2.07. The smallest absolute Gasteiger partial charge is 0.243 e. The van der Waals surface area contributed by atoms with Gasteiger partial charge in [-0.15, -0.1) is 0 Å². The molecule has 1 heterocycles. The third-order valence-electron chi connectivity index (χ3n) is 3.85. The molecule has 1 aliphatic heterocycles. The summed E-state index contributed by atoms with van der Waals surface area (Å²) in [6, 6.07) is 7.13. The molecule has 5 nitrogen and oxygen atoms in total. The van der Waals surface area contributed by atoms with Gasteiger partial charge >= 0.3 is 0 Å². The Morgan fingerprint density at radius 1 is 1.19 bits per heavy atom. The van der Waals surface area contributed by atoms with E-state index in [4.69, 9.17) is 5.73 Å². The Labute approximate surface area is 127 Å². The van der Waals surface area contributed by atoms with E-state index in [9.17, 15) is 8.42 Å². The highest BCUT2D eigenvalue weighted by Gasteiger charge is 2.26. The number of hydrogen-bond donors (Lipinski definition) is 1. The van der Waals surface area contributed by atoms with Crippen LogP contribution in [0.2, 0.25) is 0 Å². The number of hydrogen-bond acceptors (Lipinski definition) is 4. The van der Waals surface area contributed by atoms with Crippen LogP contribution in [-0.2, 0) is 10.0 Å². The van der Waals surface area contributed by atoms with Gasteiger partial charge in [0.2, 0.25) is 10.0 Å². The molecule has 1 aromatic rings. The van der Waals surface area contributed by atoms with Crippen molar-refractivity contribution in [2.75, 3.05) is 39.3 Å². The van der Waals surface area contributed by atoms with Gasteiger partial charge in [0.1, 0.15) is 0 Å². The van der Waals surface area contributed by atoms with Crippen LogP contribution in [0.15, 0.2) is 29.2 Å². The van der Waals surface area contributed by atoms with E-state index in [-0.39, 0.29) is 0 Å². The van der Waals surface area contributed by atoms with Gasteiger partial charge in [-0.1, -0.05) is 12.1 Å². The minimum absolute atomic E-state index is 0.401. The highest BCUT2D eigenvalue weighted by Crippen LogP contribution is 2.18. The maximum absolute atomic E-state index is 12.7. The van der Waals surface area contributed by atoms with Crippen molar-refractivity contribution in [1.82, 2.24) is 9.21 Å². The van der Waals surface area contributed by atoms with Gasteiger partial charge in [-0.05, 0) is 57.1 Å². The largest absolute Gasteiger partial charge is 0.330 e. The van der Waals surface area contributed by atoms with Crippen LogP contribution in [0.5, 0.6) is 0 Å². The summed E-state index contributed by atoms with van der Waals surface area (Å²) in [5.41, 5.74) is 6.51. The highest BCUT2D eigenvalue weighted by atomic mass is 32.2. The van der Waals surface area contributed by atoms with Gasteiger partial charge in [0, 0.05) is 19.6 Å². The number of nitrogens with two attached hydrogens (primary N) is 1. The van der Waals surface area contributed by atoms with Crippen LogP contribution in [0, 0.1) is 6.92 Å². The number of benzene rings is 1. The van der Waals surface area contributed by atoms with Gasteiger partial charge in [0.05, 0.1) is 4.90 Å². The summed E-state index contributed by atoms with van der Waals surface area (Å²) in [6.07, 6.45) is 1.83. The fourth-order valence-electron chi connectivity index (χ4n) is 2.65. The first-order valence-corrected chi connectivity index (χ1v) is 8.97. The summed E-state index contributed by atoms with van der Waals surface area (Å²) in [7, 11) is -3.37. The Morgan fingerprint density at radius 3 is 2.71 bits per heavy atom. The molecule has 0 bridgehead atoms. The van der Waals surface area contributed by atoms with Crippen LogP contribution < -0.4 is 5.73 Å². The lowest BCUT2D eigenvalue weighted by Crippen LogP contribution is -2.35. The Kier molecular flexibility index (Phi) is 5.75. The van der Waals surface area contributed by atoms with E-state index >= 15 is 0 Å². The van der Waals surface area contributed by atoms with Crippen molar-refractivity contribution in [3.63, 3.8) is 0 Å². The van der Waals surface area contributed by atoms with E-state index in [2.05, 4.69) is 4.90 Å². The molecule has 0 unspecified atom stereocenters. The number of nitrogens with zero attached hydrogens (tertiary/aromatic N) is 2. The molecule has 6 heteroatoms. The molecule has 0 aromatic heterocycles. The molecule has 1 aliphatic rings. The molecular weight excluding hydrogens is 286 g/mol.